The van der Waals surface area contributed by atoms with Crippen molar-refractivity contribution in [2.75, 3.05) is 0 Å². The largest absolute Gasteiger partial charge is 0.410 e. The van der Waals surface area contributed by atoms with E-state index in [0.29, 0.717) is 10.6 Å². The minimum Gasteiger partial charge on any atom is -0.410 e. The molecule has 0 saturated carbocycles. The third-order valence-electron chi connectivity index (χ3n) is 3.77. The van der Waals surface area contributed by atoms with Crippen molar-refractivity contribution in [1.29, 1.82) is 0 Å². The highest BCUT2D eigenvalue weighted by atomic mass is 35.5. The Morgan fingerprint density at radius 3 is 2.22 bits per heavy atom. The number of halogens is 2. The summed E-state index contributed by atoms with van der Waals surface area (Å²) in [5.41, 5.74) is 0.492. The van der Waals surface area contributed by atoms with Crippen LogP contribution in [0.1, 0.15) is 39.4 Å². The predicted octanol–water partition coefficient (Wildman–Crippen LogP) is 5.56. The fourth-order valence-electron chi connectivity index (χ4n) is 2.33. The van der Waals surface area contributed by atoms with Crippen molar-refractivity contribution in [3.63, 3.8) is 0 Å². The second kappa shape index (κ2) is 6.69. The number of hydrogen-bond acceptors (Lipinski definition) is 1. The average Bonchev–Trinajstić information content (AvgIpc) is 2.36. The van der Waals surface area contributed by atoms with Crippen molar-refractivity contribution in [3.8, 4) is 0 Å². The number of benzene rings is 1. The molecule has 0 aromatic heterocycles. The maximum absolute atomic E-state index is 13.8. The molecule has 0 saturated heterocycles. The van der Waals surface area contributed by atoms with Crippen LogP contribution in [0, 0.1) is 5.82 Å². The Morgan fingerprint density at radius 1 is 1.22 bits per heavy atom. The summed E-state index contributed by atoms with van der Waals surface area (Å²) in [6, 6.07) is 7.93. The maximum atomic E-state index is 13.8. The molecule has 18 heavy (non-hydrogen) atoms. The average molecular weight is 289 g/mol. The van der Waals surface area contributed by atoms with Gasteiger partial charge in [-0.15, -0.1) is 0 Å². The van der Waals surface area contributed by atoms with Gasteiger partial charge in [0.2, 0.25) is 0 Å². The lowest BCUT2D eigenvalue weighted by atomic mass is 10.1. The van der Waals surface area contributed by atoms with Crippen LogP contribution in [0.2, 0.25) is 23.2 Å². The molecule has 0 aliphatic carbocycles. The van der Waals surface area contributed by atoms with Crippen molar-refractivity contribution in [2.45, 2.75) is 51.9 Å². The summed E-state index contributed by atoms with van der Waals surface area (Å²) in [5, 5.41) is 0.453. The summed E-state index contributed by atoms with van der Waals surface area (Å²) < 4.78 is 20.1. The van der Waals surface area contributed by atoms with Gasteiger partial charge in [-0.05, 0) is 37.2 Å². The van der Waals surface area contributed by atoms with Crippen LogP contribution >= 0.6 is 11.6 Å². The Labute approximate surface area is 115 Å². The lowest BCUT2D eigenvalue weighted by Crippen LogP contribution is -2.36. The van der Waals surface area contributed by atoms with Crippen molar-refractivity contribution >= 4 is 19.9 Å². The summed E-state index contributed by atoms with van der Waals surface area (Å²) in [7, 11) is -1.73. The Bertz CT molecular complexity index is 365. The third-order valence-corrected chi connectivity index (χ3v) is 8.82. The Kier molecular flexibility index (Phi) is 5.82. The molecule has 1 unspecified atom stereocenters. The van der Waals surface area contributed by atoms with Gasteiger partial charge in [0, 0.05) is 10.6 Å². The highest BCUT2D eigenvalue weighted by Gasteiger charge is 2.32. The summed E-state index contributed by atoms with van der Waals surface area (Å²) in [6.45, 7) is 8.38. The third kappa shape index (κ3) is 3.34. The van der Waals surface area contributed by atoms with E-state index in [1.54, 1.807) is 12.1 Å². The van der Waals surface area contributed by atoms with Gasteiger partial charge in [-0.1, -0.05) is 38.4 Å². The van der Waals surface area contributed by atoms with E-state index in [2.05, 4.69) is 20.8 Å². The van der Waals surface area contributed by atoms with Gasteiger partial charge in [0.05, 0.1) is 6.10 Å². The van der Waals surface area contributed by atoms with Crippen LogP contribution in [0.4, 0.5) is 4.39 Å². The smallest absolute Gasteiger partial charge is 0.192 e. The van der Waals surface area contributed by atoms with E-state index in [9.17, 15) is 4.39 Å². The highest BCUT2D eigenvalue weighted by Crippen LogP contribution is 2.33. The van der Waals surface area contributed by atoms with E-state index < -0.39 is 8.32 Å². The van der Waals surface area contributed by atoms with Crippen LogP contribution in [-0.2, 0) is 4.43 Å². The fourth-order valence-corrected chi connectivity index (χ4v) is 5.52. The molecule has 102 valence electrons. The summed E-state index contributed by atoms with van der Waals surface area (Å²) in [5.74, 6) is -0.277. The lowest BCUT2D eigenvalue weighted by molar-refractivity contribution is 0.205. The zero-order valence-corrected chi connectivity index (χ0v) is 13.4. The lowest BCUT2D eigenvalue weighted by Gasteiger charge is -2.32. The van der Waals surface area contributed by atoms with Gasteiger partial charge in [0.25, 0.3) is 0 Å². The minimum absolute atomic E-state index is 0.273. The van der Waals surface area contributed by atoms with E-state index in [0.717, 1.165) is 18.1 Å². The number of hydrogen-bond donors (Lipinski definition) is 0. The van der Waals surface area contributed by atoms with Crippen LogP contribution in [0.5, 0.6) is 0 Å². The zero-order valence-electron chi connectivity index (χ0n) is 11.6. The van der Waals surface area contributed by atoms with Gasteiger partial charge in [-0.3, -0.25) is 0 Å². The van der Waals surface area contributed by atoms with Crippen molar-refractivity contribution < 1.29 is 8.82 Å². The van der Waals surface area contributed by atoms with Gasteiger partial charge >= 0.3 is 0 Å². The van der Waals surface area contributed by atoms with E-state index >= 15 is 0 Å². The van der Waals surface area contributed by atoms with Crippen LogP contribution in [0.25, 0.3) is 0 Å². The van der Waals surface area contributed by atoms with E-state index in [4.69, 9.17) is 16.0 Å². The van der Waals surface area contributed by atoms with Crippen LogP contribution in [0.15, 0.2) is 18.2 Å². The van der Waals surface area contributed by atoms with Gasteiger partial charge < -0.3 is 4.43 Å². The van der Waals surface area contributed by atoms with E-state index in [-0.39, 0.29) is 11.9 Å². The van der Waals surface area contributed by atoms with Crippen LogP contribution in [0.3, 0.4) is 0 Å². The molecule has 4 heteroatoms. The molecule has 0 amide bonds. The molecule has 1 nitrogen and oxygen atoms in total. The van der Waals surface area contributed by atoms with Crippen LogP contribution < -0.4 is 0 Å². The molecular formula is C14H22ClFOSi. The molecule has 1 aromatic carbocycles. The van der Waals surface area contributed by atoms with E-state index in [1.165, 1.54) is 6.07 Å². The molecule has 0 N–H and O–H groups in total. The summed E-state index contributed by atoms with van der Waals surface area (Å²) >= 11 is 6.08. The maximum Gasteiger partial charge on any atom is 0.192 e. The minimum atomic E-state index is -1.73. The summed E-state index contributed by atoms with van der Waals surface area (Å²) in [6.07, 6.45) is -0.273. The normalized spacial score (nSPS) is 13.7. The SMILES string of the molecule is CC[Si](CC)(CC)OC(C)c1c(F)cccc1Cl. The fraction of sp³-hybridized carbons (Fsp3) is 0.571. The first-order chi connectivity index (χ1) is 8.49. The molecule has 0 fully saturated rings. The first kappa shape index (κ1) is 15.7. The molecule has 1 rings (SSSR count). The predicted molar refractivity (Wildman–Crippen MR) is 78.1 cm³/mol. The van der Waals surface area contributed by atoms with Crippen molar-refractivity contribution in [3.05, 3.63) is 34.6 Å². The molecule has 0 radical (unpaired) electrons. The first-order valence-corrected chi connectivity index (χ1v) is 9.52. The van der Waals surface area contributed by atoms with Crippen LogP contribution in [-0.4, -0.2) is 8.32 Å². The molecular weight excluding hydrogens is 267 g/mol. The van der Waals surface area contributed by atoms with Gasteiger partial charge in [-0.2, -0.15) is 0 Å². The van der Waals surface area contributed by atoms with Crippen molar-refractivity contribution in [2.24, 2.45) is 0 Å². The molecule has 0 spiro atoms. The Hall–Kier alpha value is -0.383. The topological polar surface area (TPSA) is 9.23 Å². The Balaban J connectivity index is 2.97. The molecule has 1 atom stereocenters. The molecule has 1 aromatic rings. The molecule has 0 bridgehead atoms. The van der Waals surface area contributed by atoms with Gasteiger partial charge in [-0.25, -0.2) is 4.39 Å². The summed E-state index contributed by atoms with van der Waals surface area (Å²) in [4.78, 5) is 0. The number of rotatable bonds is 6. The second-order valence-corrected chi connectivity index (χ2v) is 9.77. The molecule has 0 aliphatic rings. The molecule has 0 heterocycles. The second-order valence-electron chi connectivity index (χ2n) is 4.64. The quantitative estimate of drug-likeness (QED) is 0.623. The standard InChI is InChI=1S/C14H22ClFOSi/c1-5-18(6-2,7-3)17-11(4)14-12(15)9-8-10-13(14)16/h8-11H,5-7H2,1-4H3. The first-order valence-electron chi connectivity index (χ1n) is 6.61. The Morgan fingerprint density at radius 2 is 1.78 bits per heavy atom. The highest BCUT2D eigenvalue weighted by molar-refractivity contribution is 6.73. The monoisotopic (exact) mass is 288 g/mol. The molecule has 0 aliphatic heterocycles. The van der Waals surface area contributed by atoms with Gasteiger partial charge in [0.15, 0.2) is 8.32 Å². The zero-order chi connectivity index (χ0) is 13.8. The van der Waals surface area contributed by atoms with E-state index in [1.807, 2.05) is 6.92 Å². The van der Waals surface area contributed by atoms with Crippen molar-refractivity contribution in [1.82, 2.24) is 0 Å². The van der Waals surface area contributed by atoms with Gasteiger partial charge in [0.1, 0.15) is 5.82 Å².